The minimum absolute atomic E-state index is 0.202. The minimum atomic E-state index is -0.202. The fourth-order valence-corrected chi connectivity index (χ4v) is 1.79. The highest BCUT2D eigenvalue weighted by molar-refractivity contribution is 9.10. The first-order valence-corrected chi connectivity index (χ1v) is 6.10. The van der Waals surface area contributed by atoms with Gasteiger partial charge in [0.15, 0.2) is 0 Å². The maximum Gasteiger partial charge on any atom is 0.251 e. The number of rotatable bonds is 3. The van der Waals surface area contributed by atoms with Crippen molar-refractivity contribution in [3.8, 4) is 0 Å². The van der Waals surface area contributed by atoms with Crippen molar-refractivity contribution in [3.63, 3.8) is 0 Å². The quantitative estimate of drug-likeness (QED) is 0.852. The summed E-state index contributed by atoms with van der Waals surface area (Å²) in [4.78, 5) is 15.8. The van der Waals surface area contributed by atoms with Crippen molar-refractivity contribution in [3.05, 3.63) is 46.1 Å². The highest BCUT2D eigenvalue weighted by Crippen LogP contribution is 2.20. The summed E-state index contributed by atoms with van der Waals surface area (Å²) in [5.41, 5.74) is 6.77. The van der Waals surface area contributed by atoms with Crippen LogP contribution in [0.25, 0.3) is 0 Å². The number of amides is 1. The van der Waals surface area contributed by atoms with Gasteiger partial charge in [0, 0.05) is 15.7 Å². The molecule has 0 unspecified atom stereocenters. The Kier molecular flexibility index (Phi) is 3.66. The normalized spacial score (nSPS) is 10.3. The zero-order valence-corrected chi connectivity index (χ0v) is 11.3. The van der Waals surface area contributed by atoms with Gasteiger partial charge in [0.1, 0.15) is 5.76 Å². The van der Waals surface area contributed by atoms with E-state index in [0.717, 1.165) is 5.76 Å². The Morgan fingerprint density at radius 3 is 2.94 bits per heavy atom. The van der Waals surface area contributed by atoms with Gasteiger partial charge < -0.3 is 15.5 Å². The SMILES string of the molecule is Cc1cnc(CNC(=O)c2ccc(N)c(Br)c2)o1. The molecular formula is C12H12BrN3O2. The van der Waals surface area contributed by atoms with Crippen molar-refractivity contribution in [2.45, 2.75) is 13.5 Å². The number of benzene rings is 1. The third-order valence-electron chi connectivity index (χ3n) is 2.33. The van der Waals surface area contributed by atoms with Gasteiger partial charge in [-0.3, -0.25) is 4.79 Å². The first kappa shape index (κ1) is 12.6. The highest BCUT2D eigenvalue weighted by Gasteiger charge is 2.08. The molecule has 94 valence electrons. The zero-order chi connectivity index (χ0) is 13.1. The molecule has 2 aromatic rings. The number of hydrogen-bond donors (Lipinski definition) is 2. The van der Waals surface area contributed by atoms with E-state index < -0.39 is 0 Å². The van der Waals surface area contributed by atoms with Gasteiger partial charge in [-0.25, -0.2) is 4.98 Å². The molecule has 0 bridgehead atoms. The van der Waals surface area contributed by atoms with Crippen molar-refractivity contribution in [2.24, 2.45) is 0 Å². The van der Waals surface area contributed by atoms with Gasteiger partial charge in [0.2, 0.25) is 5.89 Å². The fourth-order valence-electron chi connectivity index (χ4n) is 1.41. The van der Waals surface area contributed by atoms with E-state index in [-0.39, 0.29) is 12.5 Å². The van der Waals surface area contributed by atoms with Gasteiger partial charge in [-0.2, -0.15) is 0 Å². The second kappa shape index (κ2) is 5.22. The molecule has 0 saturated heterocycles. The summed E-state index contributed by atoms with van der Waals surface area (Å²) < 4.78 is 5.95. The molecule has 1 heterocycles. The standard InChI is InChI=1S/C12H12BrN3O2/c1-7-5-15-11(18-7)6-16-12(17)8-2-3-10(14)9(13)4-8/h2-5H,6,14H2,1H3,(H,16,17). The molecule has 0 aliphatic rings. The van der Waals surface area contributed by atoms with Gasteiger partial charge in [0.25, 0.3) is 5.91 Å². The Balaban J connectivity index is 2.01. The summed E-state index contributed by atoms with van der Waals surface area (Å²) in [5.74, 6) is 0.997. The maximum absolute atomic E-state index is 11.8. The number of halogens is 1. The third-order valence-corrected chi connectivity index (χ3v) is 3.02. The number of carbonyl (C=O) groups excluding carboxylic acids is 1. The molecule has 0 radical (unpaired) electrons. The van der Waals surface area contributed by atoms with Gasteiger partial charge in [-0.05, 0) is 41.1 Å². The Hall–Kier alpha value is -1.82. The number of nitrogens with zero attached hydrogens (tertiary/aromatic N) is 1. The zero-order valence-electron chi connectivity index (χ0n) is 9.74. The topological polar surface area (TPSA) is 81.2 Å². The van der Waals surface area contributed by atoms with E-state index in [0.29, 0.717) is 21.6 Å². The van der Waals surface area contributed by atoms with Crippen LogP contribution >= 0.6 is 15.9 Å². The lowest BCUT2D eigenvalue weighted by Gasteiger charge is -2.04. The highest BCUT2D eigenvalue weighted by atomic mass is 79.9. The van der Waals surface area contributed by atoms with Crippen molar-refractivity contribution >= 4 is 27.5 Å². The number of nitrogens with two attached hydrogens (primary N) is 1. The van der Waals surface area contributed by atoms with Crippen LogP contribution in [-0.2, 0) is 6.54 Å². The van der Waals surface area contributed by atoms with Crippen molar-refractivity contribution < 1.29 is 9.21 Å². The van der Waals surface area contributed by atoms with Crippen LogP contribution in [0, 0.1) is 6.92 Å². The molecule has 1 aromatic carbocycles. The Morgan fingerprint density at radius 1 is 1.56 bits per heavy atom. The molecule has 0 fully saturated rings. The van der Waals surface area contributed by atoms with Gasteiger partial charge >= 0.3 is 0 Å². The lowest BCUT2D eigenvalue weighted by atomic mass is 10.2. The van der Waals surface area contributed by atoms with Crippen molar-refractivity contribution in [1.82, 2.24) is 10.3 Å². The fraction of sp³-hybridized carbons (Fsp3) is 0.167. The lowest BCUT2D eigenvalue weighted by Crippen LogP contribution is -2.22. The third kappa shape index (κ3) is 2.89. The average molecular weight is 310 g/mol. The minimum Gasteiger partial charge on any atom is -0.444 e. The van der Waals surface area contributed by atoms with Crippen molar-refractivity contribution in [2.75, 3.05) is 5.73 Å². The van der Waals surface area contributed by atoms with E-state index in [4.69, 9.17) is 10.2 Å². The van der Waals surface area contributed by atoms with Gasteiger partial charge in [-0.1, -0.05) is 0 Å². The van der Waals surface area contributed by atoms with Gasteiger partial charge in [-0.15, -0.1) is 0 Å². The van der Waals surface area contributed by atoms with E-state index in [2.05, 4.69) is 26.2 Å². The number of hydrogen-bond acceptors (Lipinski definition) is 4. The number of aromatic nitrogens is 1. The van der Waals surface area contributed by atoms with E-state index in [1.54, 1.807) is 31.3 Å². The van der Waals surface area contributed by atoms with Crippen LogP contribution in [0.15, 0.2) is 33.3 Å². The largest absolute Gasteiger partial charge is 0.444 e. The molecule has 3 N–H and O–H groups in total. The summed E-state index contributed by atoms with van der Waals surface area (Å²) in [6, 6.07) is 5.01. The first-order valence-electron chi connectivity index (χ1n) is 5.31. The molecule has 1 amide bonds. The second-order valence-electron chi connectivity index (χ2n) is 3.78. The molecule has 5 nitrogen and oxygen atoms in total. The van der Waals surface area contributed by atoms with Crippen LogP contribution in [0.1, 0.15) is 22.0 Å². The number of anilines is 1. The van der Waals surface area contributed by atoms with Crippen LogP contribution in [-0.4, -0.2) is 10.9 Å². The average Bonchev–Trinajstić information content (AvgIpc) is 2.75. The number of oxazole rings is 1. The van der Waals surface area contributed by atoms with E-state index >= 15 is 0 Å². The van der Waals surface area contributed by atoms with E-state index in [9.17, 15) is 4.79 Å². The predicted octanol–water partition coefficient (Wildman–Crippen LogP) is 2.26. The smallest absolute Gasteiger partial charge is 0.251 e. The molecule has 2 rings (SSSR count). The molecule has 18 heavy (non-hydrogen) atoms. The van der Waals surface area contributed by atoms with Crippen LogP contribution in [0.3, 0.4) is 0 Å². The Bertz CT molecular complexity index is 580. The van der Waals surface area contributed by atoms with Crippen LogP contribution in [0.5, 0.6) is 0 Å². The Morgan fingerprint density at radius 2 is 2.33 bits per heavy atom. The number of nitrogens with one attached hydrogen (secondary N) is 1. The summed E-state index contributed by atoms with van der Waals surface area (Å²) in [5, 5.41) is 2.72. The van der Waals surface area contributed by atoms with E-state index in [1.165, 1.54) is 0 Å². The molecule has 0 spiro atoms. The number of aryl methyl sites for hydroxylation is 1. The lowest BCUT2D eigenvalue weighted by molar-refractivity contribution is 0.0947. The number of carbonyl (C=O) groups is 1. The molecule has 0 saturated carbocycles. The van der Waals surface area contributed by atoms with Crippen molar-refractivity contribution in [1.29, 1.82) is 0 Å². The van der Waals surface area contributed by atoms with Crippen LogP contribution in [0.2, 0.25) is 0 Å². The molecule has 1 aromatic heterocycles. The van der Waals surface area contributed by atoms with Crippen LogP contribution < -0.4 is 11.1 Å². The number of nitrogen functional groups attached to an aromatic ring is 1. The first-order chi connectivity index (χ1) is 8.56. The monoisotopic (exact) mass is 309 g/mol. The second-order valence-corrected chi connectivity index (χ2v) is 4.64. The molecular weight excluding hydrogens is 298 g/mol. The molecule has 6 heteroatoms. The molecule has 0 aliphatic carbocycles. The summed E-state index contributed by atoms with van der Waals surface area (Å²) in [7, 11) is 0. The maximum atomic E-state index is 11.8. The molecule has 0 atom stereocenters. The van der Waals surface area contributed by atoms with Crippen LogP contribution in [0.4, 0.5) is 5.69 Å². The van der Waals surface area contributed by atoms with E-state index in [1.807, 2.05) is 0 Å². The molecule has 0 aliphatic heterocycles. The Labute approximate surface area is 113 Å². The summed E-state index contributed by atoms with van der Waals surface area (Å²) >= 11 is 3.28. The summed E-state index contributed by atoms with van der Waals surface area (Å²) in [6.45, 7) is 2.06. The van der Waals surface area contributed by atoms with Gasteiger partial charge in [0.05, 0.1) is 12.7 Å². The summed E-state index contributed by atoms with van der Waals surface area (Å²) in [6.07, 6.45) is 1.61. The predicted molar refractivity (Wildman–Crippen MR) is 71.0 cm³/mol.